The largest absolute Gasteiger partial charge is 0.481 e. The van der Waals surface area contributed by atoms with Crippen LogP contribution in [0.15, 0.2) is 41.0 Å². The number of hydrogen-bond acceptors (Lipinski definition) is 3. The maximum atomic E-state index is 13.0. The van der Waals surface area contributed by atoms with Crippen LogP contribution in [0.2, 0.25) is 0 Å². The molecule has 0 radical (unpaired) electrons. The predicted octanol–water partition coefficient (Wildman–Crippen LogP) is 2.86. The molecule has 0 fully saturated rings. The highest BCUT2D eigenvalue weighted by atomic mass is 79.9. The molecule has 1 amide bonds. The number of aliphatic carboxylic acids is 1. The molecule has 1 aromatic carbocycles. The number of carbonyl (C=O) groups excluding carboxylic acids is 1. The van der Waals surface area contributed by atoms with Gasteiger partial charge in [0.05, 0.1) is 29.6 Å². The molecule has 0 saturated heterocycles. The summed E-state index contributed by atoms with van der Waals surface area (Å²) < 4.78 is 13.3. The Morgan fingerprint density at radius 1 is 1.29 bits per heavy atom. The Kier molecular flexibility index (Phi) is 4.64. The van der Waals surface area contributed by atoms with Crippen LogP contribution in [0, 0.1) is 5.82 Å². The molecule has 7 heteroatoms. The first-order valence-electron chi connectivity index (χ1n) is 5.89. The van der Waals surface area contributed by atoms with Gasteiger partial charge in [-0.3, -0.25) is 14.6 Å². The van der Waals surface area contributed by atoms with Crippen molar-refractivity contribution in [2.45, 2.75) is 6.42 Å². The van der Waals surface area contributed by atoms with E-state index in [-0.39, 0.29) is 12.0 Å². The highest BCUT2D eigenvalue weighted by Crippen LogP contribution is 2.19. The Bertz CT molecular complexity index is 689. The van der Waals surface area contributed by atoms with Gasteiger partial charge in [0.15, 0.2) is 0 Å². The van der Waals surface area contributed by atoms with Gasteiger partial charge in [0, 0.05) is 4.47 Å². The number of rotatable bonds is 4. The number of nitrogens with one attached hydrogen (secondary N) is 1. The third-order valence-corrected chi connectivity index (χ3v) is 3.25. The van der Waals surface area contributed by atoms with Gasteiger partial charge in [-0.05, 0) is 46.3 Å². The van der Waals surface area contributed by atoms with Gasteiger partial charge in [-0.2, -0.15) is 0 Å². The Morgan fingerprint density at radius 2 is 2.05 bits per heavy atom. The number of carboxylic acids is 1. The van der Waals surface area contributed by atoms with Crippen molar-refractivity contribution in [1.82, 2.24) is 4.98 Å². The first kappa shape index (κ1) is 15.1. The van der Waals surface area contributed by atoms with E-state index in [0.29, 0.717) is 15.9 Å². The number of aromatic nitrogens is 1. The number of halogens is 2. The second-order valence-corrected chi connectivity index (χ2v) is 5.04. The van der Waals surface area contributed by atoms with Gasteiger partial charge in [0.1, 0.15) is 5.82 Å². The number of benzene rings is 1. The van der Waals surface area contributed by atoms with Crippen LogP contribution in [0.25, 0.3) is 0 Å². The van der Waals surface area contributed by atoms with Crippen LogP contribution in [0.1, 0.15) is 16.1 Å². The lowest BCUT2D eigenvalue weighted by Crippen LogP contribution is -2.13. The minimum atomic E-state index is -0.977. The fraction of sp³-hybridized carbons (Fsp3) is 0.0714. The molecule has 0 aliphatic heterocycles. The molecule has 108 valence electrons. The van der Waals surface area contributed by atoms with Crippen LogP contribution in [0.5, 0.6) is 0 Å². The molecule has 0 spiro atoms. The van der Waals surface area contributed by atoms with Crippen LogP contribution in [0.4, 0.5) is 10.1 Å². The first-order chi connectivity index (χ1) is 9.95. The molecule has 0 aliphatic rings. The van der Waals surface area contributed by atoms with Crippen LogP contribution in [-0.2, 0) is 11.2 Å². The molecule has 0 atom stereocenters. The summed E-state index contributed by atoms with van der Waals surface area (Å²) >= 11 is 3.12. The fourth-order valence-corrected chi connectivity index (χ4v) is 2.16. The molecular weight excluding hydrogens is 343 g/mol. The maximum Gasteiger partial charge on any atom is 0.309 e. The van der Waals surface area contributed by atoms with Gasteiger partial charge in [0.25, 0.3) is 5.91 Å². The Balaban J connectivity index is 2.10. The van der Waals surface area contributed by atoms with Crippen LogP contribution < -0.4 is 5.32 Å². The molecule has 0 saturated carbocycles. The number of hydrogen-bond donors (Lipinski definition) is 2. The normalized spacial score (nSPS) is 10.2. The number of anilines is 1. The fourth-order valence-electron chi connectivity index (χ4n) is 1.63. The zero-order chi connectivity index (χ0) is 15.4. The van der Waals surface area contributed by atoms with Gasteiger partial charge in [-0.15, -0.1) is 0 Å². The summed E-state index contributed by atoms with van der Waals surface area (Å²) in [7, 11) is 0. The monoisotopic (exact) mass is 352 g/mol. The lowest BCUT2D eigenvalue weighted by atomic mass is 10.2. The minimum absolute atomic E-state index is 0.183. The van der Waals surface area contributed by atoms with Crippen LogP contribution in [-0.4, -0.2) is 22.0 Å². The third kappa shape index (κ3) is 4.09. The minimum Gasteiger partial charge on any atom is -0.481 e. The van der Waals surface area contributed by atoms with Gasteiger partial charge in [-0.25, -0.2) is 4.39 Å². The summed E-state index contributed by atoms with van der Waals surface area (Å²) in [6.45, 7) is 0. The molecule has 2 rings (SSSR count). The number of nitrogens with zero attached hydrogens (tertiary/aromatic N) is 1. The Hall–Kier alpha value is -2.28. The number of pyridine rings is 1. The lowest BCUT2D eigenvalue weighted by Gasteiger charge is -2.07. The van der Waals surface area contributed by atoms with Gasteiger partial charge >= 0.3 is 5.97 Å². The van der Waals surface area contributed by atoms with Crippen molar-refractivity contribution in [2.75, 3.05) is 5.32 Å². The van der Waals surface area contributed by atoms with E-state index in [1.165, 1.54) is 30.5 Å². The first-order valence-corrected chi connectivity index (χ1v) is 6.68. The van der Waals surface area contributed by atoms with Gasteiger partial charge in [0.2, 0.25) is 0 Å². The van der Waals surface area contributed by atoms with E-state index in [4.69, 9.17) is 5.11 Å². The van der Waals surface area contributed by atoms with E-state index < -0.39 is 17.7 Å². The topological polar surface area (TPSA) is 79.3 Å². The average molecular weight is 353 g/mol. The predicted molar refractivity (Wildman–Crippen MR) is 77.6 cm³/mol. The molecule has 1 heterocycles. The third-order valence-electron chi connectivity index (χ3n) is 2.59. The second-order valence-electron chi connectivity index (χ2n) is 4.19. The van der Waals surface area contributed by atoms with Crippen molar-refractivity contribution < 1.29 is 19.1 Å². The van der Waals surface area contributed by atoms with Crippen molar-refractivity contribution in [3.05, 3.63) is 58.1 Å². The van der Waals surface area contributed by atoms with E-state index in [2.05, 4.69) is 26.2 Å². The Morgan fingerprint density at radius 3 is 2.62 bits per heavy atom. The summed E-state index contributed by atoms with van der Waals surface area (Å²) in [6.07, 6.45) is 1.19. The zero-order valence-corrected chi connectivity index (χ0v) is 12.2. The standard InChI is InChI=1S/C14H10BrFN2O3/c15-12-5-8(16)1-4-11(12)14(21)18-10-3-2-9(17-7-10)6-13(19)20/h1-5,7H,6H2,(H,18,21)(H,19,20). The van der Waals surface area contributed by atoms with Crippen molar-refractivity contribution in [3.63, 3.8) is 0 Å². The summed E-state index contributed by atoms with van der Waals surface area (Å²) in [4.78, 5) is 26.5. The number of carboxylic acid groups (broad SMARTS) is 1. The van der Waals surface area contributed by atoms with Crippen LogP contribution >= 0.6 is 15.9 Å². The molecule has 1 aromatic heterocycles. The van der Waals surface area contributed by atoms with E-state index >= 15 is 0 Å². The number of carbonyl (C=O) groups is 2. The van der Waals surface area contributed by atoms with E-state index in [0.717, 1.165) is 0 Å². The zero-order valence-electron chi connectivity index (χ0n) is 10.6. The molecule has 2 aromatic rings. The Labute approximate surface area is 128 Å². The van der Waals surface area contributed by atoms with E-state index in [1.54, 1.807) is 6.07 Å². The molecule has 2 N–H and O–H groups in total. The summed E-state index contributed by atoms with van der Waals surface area (Å²) in [5.74, 6) is -1.85. The molecule has 0 unspecified atom stereocenters. The smallest absolute Gasteiger partial charge is 0.309 e. The molecule has 0 bridgehead atoms. The van der Waals surface area contributed by atoms with Crippen molar-refractivity contribution >= 4 is 33.5 Å². The maximum absolute atomic E-state index is 13.0. The second kappa shape index (κ2) is 6.45. The van der Waals surface area contributed by atoms with Gasteiger partial charge in [-0.1, -0.05) is 0 Å². The summed E-state index contributed by atoms with van der Waals surface area (Å²) in [5, 5.41) is 11.2. The highest BCUT2D eigenvalue weighted by molar-refractivity contribution is 9.10. The average Bonchev–Trinajstić information content (AvgIpc) is 2.40. The van der Waals surface area contributed by atoms with Crippen molar-refractivity contribution in [3.8, 4) is 0 Å². The SMILES string of the molecule is O=C(O)Cc1ccc(NC(=O)c2ccc(F)cc2Br)cn1. The molecule has 0 aliphatic carbocycles. The summed E-state index contributed by atoms with van der Waals surface area (Å²) in [6, 6.07) is 6.82. The highest BCUT2D eigenvalue weighted by Gasteiger charge is 2.11. The van der Waals surface area contributed by atoms with E-state index in [9.17, 15) is 14.0 Å². The van der Waals surface area contributed by atoms with E-state index in [1.807, 2.05) is 0 Å². The van der Waals surface area contributed by atoms with Gasteiger partial charge < -0.3 is 10.4 Å². The summed E-state index contributed by atoms with van der Waals surface area (Å²) in [5.41, 5.74) is 1.10. The molecule has 5 nitrogen and oxygen atoms in total. The lowest BCUT2D eigenvalue weighted by molar-refractivity contribution is -0.136. The quantitative estimate of drug-likeness (QED) is 0.886. The molecular formula is C14H10BrFN2O3. The van der Waals surface area contributed by atoms with Crippen molar-refractivity contribution in [1.29, 1.82) is 0 Å². The van der Waals surface area contributed by atoms with Crippen molar-refractivity contribution in [2.24, 2.45) is 0 Å². The molecule has 21 heavy (non-hydrogen) atoms. The number of amides is 1. The van der Waals surface area contributed by atoms with Crippen LogP contribution in [0.3, 0.4) is 0 Å².